The molecular formula is C20H20N2O4S. The van der Waals surface area contributed by atoms with Crippen LogP contribution in [0.2, 0.25) is 0 Å². The fourth-order valence-electron chi connectivity index (χ4n) is 2.51. The van der Waals surface area contributed by atoms with Crippen molar-refractivity contribution in [2.45, 2.75) is 4.90 Å². The van der Waals surface area contributed by atoms with Gasteiger partial charge in [-0.15, -0.1) is 0 Å². The Morgan fingerprint density at radius 1 is 0.741 bits per heavy atom. The zero-order valence-corrected chi connectivity index (χ0v) is 15.8. The SMILES string of the molecule is COc1ccc(OC)c(S(=O)(=O)Nc2ccc(Nc3ccccc3)cc2)c1. The van der Waals surface area contributed by atoms with Crippen LogP contribution >= 0.6 is 0 Å². The molecule has 0 aliphatic carbocycles. The second kappa shape index (κ2) is 8.01. The molecule has 140 valence electrons. The molecule has 0 saturated carbocycles. The quantitative estimate of drug-likeness (QED) is 0.637. The van der Waals surface area contributed by atoms with Crippen LogP contribution in [0.4, 0.5) is 17.1 Å². The summed E-state index contributed by atoms with van der Waals surface area (Å²) in [5.74, 6) is 0.671. The summed E-state index contributed by atoms with van der Waals surface area (Å²) in [7, 11) is -0.938. The van der Waals surface area contributed by atoms with E-state index in [0.29, 0.717) is 11.4 Å². The molecule has 0 aliphatic heterocycles. The Morgan fingerprint density at radius 3 is 2.00 bits per heavy atom. The third kappa shape index (κ3) is 4.51. The maximum absolute atomic E-state index is 12.8. The summed E-state index contributed by atoms with van der Waals surface area (Å²) in [4.78, 5) is 0.0100. The van der Waals surface area contributed by atoms with Gasteiger partial charge >= 0.3 is 0 Å². The van der Waals surface area contributed by atoms with Gasteiger partial charge in [0.1, 0.15) is 16.4 Å². The van der Waals surface area contributed by atoms with Crippen molar-refractivity contribution in [2.75, 3.05) is 24.3 Å². The Kier molecular flexibility index (Phi) is 5.52. The highest BCUT2D eigenvalue weighted by atomic mass is 32.2. The molecule has 0 heterocycles. The van der Waals surface area contributed by atoms with Crippen LogP contribution in [0.3, 0.4) is 0 Å². The van der Waals surface area contributed by atoms with Crippen molar-refractivity contribution >= 4 is 27.1 Å². The van der Waals surface area contributed by atoms with E-state index in [1.807, 2.05) is 30.3 Å². The van der Waals surface area contributed by atoms with Crippen LogP contribution in [0.15, 0.2) is 77.7 Å². The minimum atomic E-state index is -3.84. The van der Waals surface area contributed by atoms with E-state index in [-0.39, 0.29) is 10.6 Å². The maximum Gasteiger partial charge on any atom is 0.265 e. The van der Waals surface area contributed by atoms with Gasteiger partial charge in [-0.05, 0) is 48.5 Å². The highest BCUT2D eigenvalue weighted by Gasteiger charge is 2.20. The molecule has 0 atom stereocenters. The van der Waals surface area contributed by atoms with E-state index in [9.17, 15) is 8.42 Å². The van der Waals surface area contributed by atoms with Crippen molar-refractivity contribution in [1.29, 1.82) is 0 Å². The van der Waals surface area contributed by atoms with E-state index in [0.717, 1.165) is 11.4 Å². The predicted octanol–water partition coefficient (Wildman–Crippen LogP) is 4.25. The largest absolute Gasteiger partial charge is 0.497 e. The lowest BCUT2D eigenvalue weighted by Gasteiger charge is -2.13. The topological polar surface area (TPSA) is 76.7 Å². The van der Waals surface area contributed by atoms with Gasteiger partial charge in [0.15, 0.2) is 0 Å². The van der Waals surface area contributed by atoms with Crippen LogP contribution in [-0.4, -0.2) is 22.6 Å². The van der Waals surface area contributed by atoms with E-state index >= 15 is 0 Å². The molecule has 3 aromatic carbocycles. The first-order valence-electron chi connectivity index (χ1n) is 8.19. The molecule has 6 nitrogen and oxygen atoms in total. The number of sulfonamides is 1. The van der Waals surface area contributed by atoms with Crippen LogP contribution in [0.1, 0.15) is 0 Å². The van der Waals surface area contributed by atoms with Crippen molar-refractivity contribution in [3.63, 3.8) is 0 Å². The van der Waals surface area contributed by atoms with Gasteiger partial charge < -0.3 is 14.8 Å². The summed E-state index contributed by atoms with van der Waals surface area (Å²) in [5.41, 5.74) is 2.24. The Morgan fingerprint density at radius 2 is 1.37 bits per heavy atom. The summed E-state index contributed by atoms with van der Waals surface area (Å²) in [6.07, 6.45) is 0. The molecular weight excluding hydrogens is 364 g/mol. The summed E-state index contributed by atoms with van der Waals surface area (Å²) < 4.78 is 38.4. The molecule has 27 heavy (non-hydrogen) atoms. The summed E-state index contributed by atoms with van der Waals surface area (Å²) in [5, 5.41) is 3.25. The molecule has 3 aromatic rings. The lowest BCUT2D eigenvalue weighted by Crippen LogP contribution is -2.14. The second-order valence-electron chi connectivity index (χ2n) is 5.69. The minimum Gasteiger partial charge on any atom is -0.497 e. The highest BCUT2D eigenvalue weighted by Crippen LogP contribution is 2.30. The Labute approximate surface area is 158 Å². The summed E-state index contributed by atoms with van der Waals surface area (Å²) in [6, 6.07) is 21.3. The average Bonchev–Trinajstić information content (AvgIpc) is 2.69. The van der Waals surface area contributed by atoms with E-state index in [4.69, 9.17) is 9.47 Å². The van der Waals surface area contributed by atoms with Gasteiger partial charge in [0.05, 0.1) is 14.2 Å². The first-order chi connectivity index (χ1) is 13.0. The average molecular weight is 384 g/mol. The Balaban J connectivity index is 1.80. The third-order valence-electron chi connectivity index (χ3n) is 3.86. The van der Waals surface area contributed by atoms with E-state index < -0.39 is 10.0 Å². The maximum atomic E-state index is 12.8. The molecule has 0 amide bonds. The lowest BCUT2D eigenvalue weighted by molar-refractivity contribution is 0.392. The van der Waals surface area contributed by atoms with Gasteiger partial charge in [0, 0.05) is 23.1 Å². The summed E-state index contributed by atoms with van der Waals surface area (Å²) >= 11 is 0. The fraction of sp³-hybridized carbons (Fsp3) is 0.100. The monoisotopic (exact) mass is 384 g/mol. The molecule has 0 aliphatic rings. The zero-order chi connectivity index (χ0) is 19.3. The first kappa shape index (κ1) is 18.6. The lowest BCUT2D eigenvalue weighted by atomic mass is 10.2. The van der Waals surface area contributed by atoms with E-state index in [2.05, 4.69) is 10.0 Å². The molecule has 3 rings (SSSR count). The first-order valence-corrected chi connectivity index (χ1v) is 9.67. The smallest absolute Gasteiger partial charge is 0.265 e. The van der Waals surface area contributed by atoms with Crippen molar-refractivity contribution in [1.82, 2.24) is 0 Å². The van der Waals surface area contributed by atoms with Gasteiger partial charge in [0.25, 0.3) is 10.0 Å². The van der Waals surface area contributed by atoms with Crippen LogP contribution in [0, 0.1) is 0 Å². The normalized spacial score (nSPS) is 10.9. The van der Waals surface area contributed by atoms with E-state index in [1.165, 1.54) is 20.3 Å². The van der Waals surface area contributed by atoms with Crippen LogP contribution in [0.25, 0.3) is 0 Å². The van der Waals surface area contributed by atoms with Crippen LogP contribution < -0.4 is 19.5 Å². The molecule has 0 fully saturated rings. The van der Waals surface area contributed by atoms with Crippen LogP contribution in [-0.2, 0) is 10.0 Å². The van der Waals surface area contributed by atoms with Gasteiger partial charge in [0.2, 0.25) is 0 Å². The molecule has 0 bridgehead atoms. The molecule has 0 saturated heterocycles. The Hall–Kier alpha value is -3.19. The third-order valence-corrected chi connectivity index (χ3v) is 5.26. The number of benzene rings is 3. The molecule has 0 radical (unpaired) electrons. The minimum absolute atomic E-state index is 0.0100. The number of nitrogens with one attached hydrogen (secondary N) is 2. The van der Waals surface area contributed by atoms with Crippen molar-refractivity contribution in [3.8, 4) is 11.5 Å². The van der Waals surface area contributed by atoms with Crippen molar-refractivity contribution in [3.05, 3.63) is 72.8 Å². The van der Waals surface area contributed by atoms with Crippen LogP contribution in [0.5, 0.6) is 11.5 Å². The second-order valence-corrected chi connectivity index (χ2v) is 7.34. The standard InChI is InChI=1S/C20H20N2O4S/c1-25-18-12-13-19(26-2)20(14-18)27(23,24)22-17-10-8-16(9-11-17)21-15-6-4-3-5-7-15/h3-14,21-22H,1-2H3. The van der Waals surface area contributed by atoms with Crippen molar-refractivity contribution < 1.29 is 17.9 Å². The van der Waals surface area contributed by atoms with E-state index in [1.54, 1.807) is 36.4 Å². The fourth-order valence-corrected chi connectivity index (χ4v) is 3.76. The molecule has 2 N–H and O–H groups in total. The number of methoxy groups -OCH3 is 2. The molecule has 7 heteroatoms. The number of anilines is 3. The molecule has 0 aromatic heterocycles. The molecule has 0 unspecified atom stereocenters. The van der Waals surface area contributed by atoms with Gasteiger partial charge in [-0.2, -0.15) is 0 Å². The predicted molar refractivity (Wildman–Crippen MR) is 107 cm³/mol. The summed E-state index contributed by atoms with van der Waals surface area (Å²) in [6.45, 7) is 0. The number of hydrogen-bond donors (Lipinski definition) is 2. The van der Waals surface area contributed by atoms with Crippen molar-refractivity contribution in [2.24, 2.45) is 0 Å². The zero-order valence-electron chi connectivity index (χ0n) is 15.0. The van der Waals surface area contributed by atoms with Gasteiger partial charge in [-0.1, -0.05) is 18.2 Å². The number of hydrogen-bond acceptors (Lipinski definition) is 5. The van der Waals surface area contributed by atoms with Gasteiger partial charge in [-0.3, -0.25) is 4.72 Å². The van der Waals surface area contributed by atoms with Gasteiger partial charge in [-0.25, -0.2) is 8.42 Å². The Bertz CT molecular complexity index is 1000. The number of para-hydroxylation sites is 1. The number of rotatable bonds is 7. The molecule has 0 spiro atoms. The highest BCUT2D eigenvalue weighted by molar-refractivity contribution is 7.92. The number of ether oxygens (including phenoxy) is 2.